The Kier molecular flexibility index (Phi) is 6.46. The molecule has 0 saturated carbocycles. The van der Waals surface area contributed by atoms with Gasteiger partial charge in [-0.3, -0.25) is 10.1 Å². The summed E-state index contributed by atoms with van der Waals surface area (Å²) in [6.45, 7) is 6.11. The summed E-state index contributed by atoms with van der Waals surface area (Å²) in [6.07, 6.45) is -0.744. The Morgan fingerprint density at radius 1 is 1.45 bits per heavy atom. The maximum Gasteiger partial charge on any atom is 0.413 e. The smallest absolute Gasteiger partial charge is 0.413 e. The van der Waals surface area contributed by atoms with E-state index >= 15 is 0 Å². The molecule has 0 aliphatic rings. The van der Waals surface area contributed by atoms with Gasteiger partial charge in [0.25, 0.3) is 0 Å². The molecule has 3 N–H and O–H groups in total. The van der Waals surface area contributed by atoms with Crippen LogP contribution in [-0.2, 0) is 16.1 Å². The summed E-state index contributed by atoms with van der Waals surface area (Å²) in [5.41, 5.74) is 5.58. The number of imide groups is 1. The molecule has 0 aromatic carbocycles. The molecule has 0 atom stereocenters. The second-order valence-electron chi connectivity index (χ2n) is 4.12. The number of alkyl carbamates (subject to hydrolysis) is 1. The van der Waals surface area contributed by atoms with Crippen LogP contribution in [0.1, 0.15) is 32.6 Å². The standard InChI is InChI=1S/C11H19N5O3S/c1-4-19-11(18)13-9(17)6-20-10-15-14-8(5-12)16(10)7(2)3/h7H,4-6,12H2,1-3H3,(H,13,17,18). The molecule has 112 valence electrons. The quantitative estimate of drug-likeness (QED) is 0.743. The Morgan fingerprint density at radius 3 is 2.70 bits per heavy atom. The molecule has 1 heterocycles. The van der Waals surface area contributed by atoms with Gasteiger partial charge in [-0.15, -0.1) is 10.2 Å². The molecule has 8 nitrogen and oxygen atoms in total. The highest BCUT2D eigenvalue weighted by atomic mass is 32.2. The summed E-state index contributed by atoms with van der Waals surface area (Å²) >= 11 is 1.19. The highest BCUT2D eigenvalue weighted by Gasteiger charge is 2.16. The molecular weight excluding hydrogens is 282 g/mol. The van der Waals surface area contributed by atoms with E-state index in [4.69, 9.17) is 5.73 Å². The molecule has 0 radical (unpaired) electrons. The lowest BCUT2D eigenvalue weighted by molar-refractivity contribution is -0.117. The van der Waals surface area contributed by atoms with Crippen molar-refractivity contribution in [1.29, 1.82) is 0 Å². The molecular formula is C11H19N5O3S. The number of amides is 2. The van der Waals surface area contributed by atoms with Gasteiger partial charge in [0.05, 0.1) is 18.9 Å². The summed E-state index contributed by atoms with van der Waals surface area (Å²) in [6, 6.07) is 0.138. The zero-order valence-electron chi connectivity index (χ0n) is 11.8. The van der Waals surface area contributed by atoms with Crippen LogP contribution in [0.3, 0.4) is 0 Å². The van der Waals surface area contributed by atoms with Crippen LogP contribution in [0.4, 0.5) is 4.79 Å². The lowest BCUT2D eigenvalue weighted by Crippen LogP contribution is -2.32. The molecule has 1 aromatic heterocycles. The van der Waals surface area contributed by atoms with Crippen molar-refractivity contribution < 1.29 is 14.3 Å². The van der Waals surface area contributed by atoms with Crippen molar-refractivity contribution in [2.45, 2.75) is 38.5 Å². The molecule has 20 heavy (non-hydrogen) atoms. The predicted octanol–water partition coefficient (Wildman–Crippen LogP) is 0.682. The van der Waals surface area contributed by atoms with Crippen molar-refractivity contribution in [3.05, 3.63) is 5.82 Å². The maximum atomic E-state index is 11.5. The predicted molar refractivity (Wildman–Crippen MR) is 74.2 cm³/mol. The number of ether oxygens (including phenoxy) is 1. The van der Waals surface area contributed by atoms with E-state index in [-0.39, 0.29) is 24.9 Å². The minimum atomic E-state index is -0.744. The first-order chi connectivity index (χ1) is 9.49. The van der Waals surface area contributed by atoms with Crippen LogP contribution in [0.25, 0.3) is 0 Å². The van der Waals surface area contributed by atoms with Crippen LogP contribution in [0.15, 0.2) is 5.16 Å². The van der Waals surface area contributed by atoms with Gasteiger partial charge in [0, 0.05) is 6.04 Å². The lowest BCUT2D eigenvalue weighted by atomic mass is 10.4. The Labute approximate surface area is 121 Å². The first-order valence-electron chi connectivity index (χ1n) is 6.22. The van der Waals surface area contributed by atoms with Crippen molar-refractivity contribution in [3.8, 4) is 0 Å². The molecule has 1 rings (SSSR count). The minimum Gasteiger partial charge on any atom is -0.450 e. The fourth-order valence-corrected chi connectivity index (χ4v) is 2.40. The van der Waals surface area contributed by atoms with Gasteiger partial charge >= 0.3 is 6.09 Å². The zero-order valence-corrected chi connectivity index (χ0v) is 12.6. The number of nitrogens with two attached hydrogens (primary N) is 1. The number of nitrogens with one attached hydrogen (secondary N) is 1. The fourth-order valence-electron chi connectivity index (χ4n) is 1.51. The van der Waals surface area contributed by atoms with Crippen LogP contribution >= 0.6 is 11.8 Å². The van der Waals surface area contributed by atoms with Crippen molar-refractivity contribution in [2.24, 2.45) is 5.73 Å². The third kappa shape index (κ3) is 4.49. The van der Waals surface area contributed by atoms with E-state index < -0.39 is 12.0 Å². The van der Waals surface area contributed by atoms with Gasteiger partial charge in [-0.2, -0.15) is 0 Å². The normalized spacial score (nSPS) is 10.7. The molecule has 0 spiro atoms. The zero-order chi connectivity index (χ0) is 15.1. The van der Waals surface area contributed by atoms with Crippen LogP contribution in [0.5, 0.6) is 0 Å². The Balaban J connectivity index is 2.59. The first kappa shape index (κ1) is 16.4. The summed E-state index contributed by atoms with van der Waals surface area (Å²) in [7, 11) is 0. The number of nitrogens with zero attached hydrogens (tertiary/aromatic N) is 3. The molecule has 2 amide bonds. The van der Waals surface area contributed by atoms with E-state index in [0.29, 0.717) is 11.0 Å². The average molecular weight is 301 g/mol. The number of hydrogen-bond acceptors (Lipinski definition) is 7. The Hall–Kier alpha value is -1.61. The molecule has 0 fully saturated rings. The Morgan fingerprint density at radius 2 is 2.15 bits per heavy atom. The van der Waals surface area contributed by atoms with Crippen LogP contribution in [-0.4, -0.2) is 39.1 Å². The van der Waals surface area contributed by atoms with E-state index in [1.165, 1.54) is 11.8 Å². The highest BCUT2D eigenvalue weighted by molar-refractivity contribution is 7.99. The van der Waals surface area contributed by atoms with Gasteiger partial charge in [0.1, 0.15) is 5.82 Å². The highest BCUT2D eigenvalue weighted by Crippen LogP contribution is 2.21. The van der Waals surface area contributed by atoms with E-state index in [2.05, 4.69) is 20.3 Å². The second-order valence-corrected chi connectivity index (χ2v) is 5.07. The summed E-state index contributed by atoms with van der Waals surface area (Å²) in [5.74, 6) is 0.267. The second kappa shape index (κ2) is 7.85. The van der Waals surface area contributed by atoms with Crippen LogP contribution in [0, 0.1) is 0 Å². The van der Waals surface area contributed by atoms with Gasteiger partial charge in [0.15, 0.2) is 5.16 Å². The summed E-state index contributed by atoms with van der Waals surface area (Å²) in [4.78, 5) is 22.6. The van der Waals surface area contributed by atoms with E-state index in [9.17, 15) is 9.59 Å². The van der Waals surface area contributed by atoms with E-state index in [1.54, 1.807) is 6.92 Å². The third-order valence-corrected chi connectivity index (χ3v) is 3.23. The van der Waals surface area contributed by atoms with Crippen molar-refractivity contribution >= 4 is 23.8 Å². The largest absolute Gasteiger partial charge is 0.450 e. The maximum absolute atomic E-state index is 11.5. The lowest BCUT2D eigenvalue weighted by Gasteiger charge is -2.12. The Bertz CT molecular complexity index is 475. The molecule has 0 bridgehead atoms. The number of carbonyl (C=O) groups is 2. The summed E-state index contributed by atoms with van der Waals surface area (Å²) < 4.78 is 6.48. The molecule has 0 saturated heterocycles. The van der Waals surface area contributed by atoms with E-state index in [0.717, 1.165) is 0 Å². The fraction of sp³-hybridized carbons (Fsp3) is 0.636. The summed E-state index contributed by atoms with van der Waals surface area (Å²) in [5, 5.41) is 10.7. The van der Waals surface area contributed by atoms with E-state index in [1.807, 2.05) is 18.4 Å². The number of thioether (sulfide) groups is 1. The van der Waals surface area contributed by atoms with Crippen LogP contribution < -0.4 is 11.1 Å². The van der Waals surface area contributed by atoms with Gasteiger partial charge in [0.2, 0.25) is 5.91 Å². The minimum absolute atomic E-state index is 0.0498. The van der Waals surface area contributed by atoms with Gasteiger partial charge < -0.3 is 15.0 Å². The average Bonchev–Trinajstić information content (AvgIpc) is 2.79. The molecule has 1 aromatic rings. The van der Waals surface area contributed by atoms with Crippen molar-refractivity contribution in [2.75, 3.05) is 12.4 Å². The van der Waals surface area contributed by atoms with Gasteiger partial charge in [-0.1, -0.05) is 11.8 Å². The number of hydrogen-bond donors (Lipinski definition) is 2. The molecule has 0 aliphatic carbocycles. The molecule has 0 unspecified atom stereocenters. The SMILES string of the molecule is CCOC(=O)NC(=O)CSc1nnc(CN)n1C(C)C. The number of aromatic nitrogens is 3. The van der Waals surface area contributed by atoms with Crippen molar-refractivity contribution in [1.82, 2.24) is 20.1 Å². The number of rotatable bonds is 6. The third-order valence-electron chi connectivity index (χ3n) is 2.28. The van der Waals surface area contributed by atoms with Crippen molar-refractivity contribution in [3.63, 3.8) is 0 Å². The molecule has 9 heteroatoms. The van der Waals surface area contributed by atoms with Gasteiger partial charge in [-0.05, 0) is 20.8 Å². The monoisotopic (exact) mass is 301 g/mol. The molecule has 0 aliphatic heterocycles. The topological polar surface area (TPSA) is 112 Å². The number of carbonyl (C=O) groups excluding carboxylic acids is 2. The van der Waals surface area contributed by atoms with Crippen LogP contribution in [0.2, 0.25) is 0 Å². The van der Waals surface area contributed by atoms with Gasteiger partial charge in [-0.25, -0.2) is 4.79 Å². The first-order valence-corrected chi connectivity index (χ1v) is 7.21.